The van der Waals surface area contributed by atoms with Gasteiger partial charge in [0.2, 0.25) is 0 Å². The molecule has 4 aromatic rings. The fourth-order valence-corrected chi connectivity index (χ4v) is 3.75. The summed E-state index contributed by atoms with van der Waals surface area (Å²) in [7, 11) is 0. The Labute approximate surface area is 157 Å². The van der Waals surface area contributed by atoms with Gasteiger partial charge >= 0.3 is 0 Å². The van der Waals surface area contributed by atoms with Gasteiger partial charge in [-0.25, -0.2) is 4.98 Å². The summed E-state index contributed by atoms with van der Waals surface area (Å²) in [4.78, 5) is 8.12. The summed E-state index contributed by atoms with van der Waals surface area (Å²) in [5.41, 5.74) is 7.38. The number of aromatic amines is 1. The highest BCUT2D eigenvalue weighted by Gasteiger charge is 2.17. The zero-order chi connectivity index (χ0) is 18.3. The summed E-state index contributed by atoms with van der Waals surface area (Å²) in [5, 5.41) is 5.98. The predicted molar refractivity (Wildman–Crippen MR) is 105 cm³/mol. The zero-order valence-corrected chi connectivity index (χ0v) is 15.8. The van der Waals surface area contributed by atoms with Crippen LogP contribution in [0.5, 0.6) is 0 Å². The van der Waals surface area contributed by atoms with Gasteiger partial charge in [-0.05, 0) is 43.5 Å². The van der Waals surface area contributed by atoms with Crippen LogP contribution in [0.25, 0.3) is 22.2 Å². The third kappa shape index (κ3) is 2.80. The number of fused-ring (bicyclic) bond motifs is 1. The first kappa shape index (κ1) is 16.9. The molecule has 0 fully saturated rings. The van der Waals surface area contributed by atoms with E-state index in [1.807, 2.05) is 38.2 Å². The SMILES string of the molecule is CCc1[nH]c2ncc(-c3c(C)noc3C)cc2c1Cc1ccccc1Cl. The third-order valence-electron chi connectivity index (χ3n) is 4.85. The zero-order valence-electron chi connectivity index (χ0n) is 15.1. The molecule has 0 atom stereocenters. The van der Waals surface area contributed by atoms with Gasteiger partial charge in [-0.15, -0.1) is 0 Å². The highest BCUT2D eigenvalue weighted by molar-refractivity contribution is 6.31. The molecule has 1 aromatic carbocycles. The number of nitrogens with one attached hydrogen (secondary N) is 1. The molecule has 0 unspecified atom stereocenters. The molecule has 3 aromatic heterocycles. The lowest BCUT2D eigenvalue weighted by molar-refractivity contribution is 0.393. The molecule has 0 saturated carbocycles. The molecule has 3 heterocycles. The lowest BCUT2D eigenvalue weighted by Crippen LogP contribution is -1.93. The summed E-state index contributed by atoms with van der Waals surface area (Å²) >= 11 is 6.40. The number of aryl methyl sites for hydroxylation is 3. The van der Waals surface area contributed by atoms with Crippen LogP contribution in [0.2, 0.25) is 5.02 Å². The van der Waals surface area contributed by atoms with Crippen LogP contribution in [0.3, 0.4) is 0 Å². The molecule has 0 bridgehead atoms. The standard InChI is InChI=1S/C21H20ClN3O/c1-4-19-16(9-14-7-5-6-8-18(14)22)17-10-15(11-23-21(17)24-19)20-12(2)25-26-13(20)3/h5-8,10-11H,4,9H2,1-3H3,(H,23,24). The van der Waals surface area contributed by atoms with E-state index < -0.39 is 0 Å². The summed E-state index contributed by atoms with van der Waals surface area (Å²) in [6, 6.07) is 10.2. The van der Waals surface area contributed by atoms with E-state index in [1.165, 1.54) is 11.3 Å². The minimum absolute atomic E-state index is 0.773. The Balaban J connectivity index is 1.88. The smallest absolute Gasteiger partial charge is 0.141 e. The number of rotatable bonds is 4. The minimum atomic E-state index is 0.773. The Kier molecular flexibility index (Phi) is 4.29. The summed E-state index contributed by atoms with van der Waals surface area (Å²) in [6.07, 6.45) is 3.57. The summed E-state index contributed by atoms with van der Waals surface area (Å²) in [5.74, 6) is 0.808. The molecule has 0 radical (unpaired) electrons. The number of hydrogen-bond donors (Lipinski definition) is 1. The van der Waals surface area contributed by atoms with E-state index in [-0.39, 0.29) is 0 Å². The highest BCUT2D eigenvalue weighted by atomic mass is 35.5. The fraction of sp³-hybridized carbons (Fsp3) is 0.238. The molecule has 0 aliphatic rings. The number of pyridine rings is 1. The van der Waals surface area contributed by atoms with E-state index >= 15 is 0 Å². The first-order chi connectivity index (χ1) is 12.6. The Morgan fingerprint density at radius 1 is 1.19 bits per heavy atom. The van der Waals surface area contributed by atoms with Crippen molar-refractivity contribution >= 4 is 22.6 Å². The molecule has 4 nitrogen and oxygen atoms in total. The first-order valence-electron chi connectivity index (χ1n) is 8.74. The van der Waals surface area contributed by atoms with E-state index in [0.29, 0.717) is 0 Å². The molecule has 0 amide bonds. The van der Waals surface area contributed by atoms with Crippen LogP contribution >= 0.6 is 11.6 Å². The van der Waals surface area contributed by atoms with Crippen LogP contribution in [-0.2, 0) is 12.8 Å². The van der Waals surface area contributed by atoms with Gasteiger partial charge in [0.05, 0.1) is 5.69 Å². The first-order valence-corrected chi connectivity index (χ1v) is 9.12. The van der Waals surface area contributed by atoms with Crippen molar-refractivity contribution in [2.75, 3.05) is 0 Å². The number of benzene rings is 1. The Hall–Kier alpha value is -2.59. The van der Waals surface area contributed by atoms with Gasteiger partial charge in [0.1, 0.15) is 11.4 Å². The quantitative estimate of drug-likeness (QED) is 0.509. The van der Waals surface area contributed by atoms with Crippen LogP contribution in [0, 0.1) is 13.8 Å². The van der Waals surface area contributed by atoms with E-state index in [4.69, 9.17) is 16.1 Å². The summed E-state index contributed by atoms with van der Waals surface area (Å²) in [6.45, 7) is 6.03. The maximum Gasteiger partial charge on any atom is 0.141 e. The van der Waals surface area contributed by atoms with Crippen molar-refractivity contribution in [2.24, 2.45) is 0 Å². The largest absolute Gasteiger partial charge is 0.361 e. The number of hydrogen-bond acceptors (Lipinski definition) is 3. The van der Waals surface area contributed by atoms with Crippen molar-refractivity contribution in [1.82, 2.24) is 15.1 Å². The van der Waals surface area contributed by atoms with E-state index in [1.54, 1.807) is 0 Å². The lowest BCUT2D eigenvalue weighted by atomic mass is 9.99. The van der Waals surface area contributed by atoms with Gasteiger partial charge in [0, 0.05) is 39.8 Å². The van der Waals surface area contributed by atoms with Gasteiger partial charge in [0.15, 0.2) is 0 Å². The molecular weight excluding hydrogens is 346 g/mol. The Bertz CT molecular complexity index is 1070. The van der Waals surface area contributed by atoms with Gasteiger partial charge in [-0.2, -0.15) is 0 Å². The van der Waals surface area contributed by atoms with Crippen molar-refractivity contribution in [3.05, 3.63) is 69.8 Å². The maximum atomic E-state index is 6.40. The number of H-pyrrole nitrogens is 1. The average molecular weight is 366 g/mol. The lowest BCUT2D eigenvalue weighted by Gasteiger charge is -2.06. The molecule has 4 rings (SSSR count). The average Bonchev–Trinajstić information content (AvgIpc) is 3.16. The normalized spacial score (nSPS) is 11.4. The molecule has 5 heteroatoms. The van der Waals surface area contributed by atoms with E-state index in [9.17, 15) is 0 Å². The number of nitrogens with zero attached hydrogens (tertiary/aromatic N) is 2. The predicted octanol–water partition coefficient (Wildman–Crippen LogP) is 5.64. The fourth-order valence-electron chi connectivity index (χ4n) is 3.54. The molecular formula is C21H20ClN3O. The van der Waals surface area contributed by atoms with Crippen LogP contribution in [0.1, 0.15) is 35.2 Å². The van der Waals surface area contributed by atoms with Crippen LogP contribution in [-0.4, -0.2) is 15.1 Å². The van der Waals surface area contributed by atoms with Crippen molar-refractivity contribution < 1.29 is 4.52 Å². The van der Waals surface area contributed by atoms with Crippen molar-refractivity contribution in [2.45, 2.75) is 33.6 Å². The second kappa shape index (κ2) is 6.61. The van der Waals surface area contributed by atoms with Crippen molar-refractivity contribution in [3.8, 4) is 11.1 Å². The van der Waals surface area contributed by atoms with Gasteiger partial charge in [-0.1, -0.05) is 41.9 Å². The molecule has 132 valence electrons. The number of aromatic nitrogens is 3. The molecule has 0 aliphatic carbocycles. The minimum Gasteiger partial charge on any atom is -0.361 e. The van der Waals surface area contributed by atoms with E-state index in [2.05, 4.69) is 34.2 Å². The second-order valence-electron chi connectivity index (χ2n) is 6.52. The van der Waals surface area contributed by atoms with Crippen LogP contribution < -0.4 is 0 Å². The maximum absolute atomic E-state index is 6.40. The van der Waals surface area contributed by atoms with Crippen LogP contribution in [0.4, 0.5) is 0 Å². The van der Waals surface area contributed by atoms with Gasteiger partial charge in [0.25, 0.3) is 0 Å². The molecule has 0 aliphatic heterocycles. The molecule has 26 heavy (non-hydrogen) atoms. The van der Waals surface area contributed by atoms with Gasteiger partial charge in [-0.3, -0.25) is 0 Å². The van der Waals surface area contributed by atoms with Crippen molar-refractivity contribution in [1.29, 1.82) is 0 Å². The highest BCUT2D eigenvalue weighted by Crippen LogP contribution is 2.32. The molecule has 0 saturated heterocycles. The number of halogens is 1. The topological polar surface area (TPSA) is 54.7 Å². The van der Waals surface area contributed by atoms with Crippen molar-refractivity contribution in [3.63, 3.8) is 0 Å². The van der Waals surface area contributed by atoms with Crippen LogP contribution in [0.15, 0.2) is 41.1 Å². The third-order valence-corrected chi connectivity index (χ3v) is 5.22. The summed E-state index contributed by atoms with van der Waals surface area (Å²) < 4.78 is 5.33. The monoisotopic (exact) mass is 365 g/mol. The van der Waals surface area contributed by atoms with E-state index in [0.717, 1.165) is 57.0 Å². The second-order valence-corrected chi connectivity index (χ2v) is 6.93. The Morgan fingerprint density at radius 3 is 2.69 bits per heavy atom. The van der Waals surface area contributed by atoms with Gasteiger partial charge < -0.3 is 9.51 Å². The molecule has 0 spiro atoms. The molecule has 1 N–H and O–H groups in total. The Morgan fingerprint density at radius 2 is 2.00 bits per heavy atom.